The molecule has 184 valence electrons. The number of nitriles is 1. The molecule has 1 aromatic carbocycles. The monoisotopic (exact) mass is 495 g/mol. The highest BCUT2D eigenvalue weighted by atomic mass is 32.2. The number of nitrogens with zero attached hydrogens (tertiary/aromatic N) is 2. The summed E-state index contributed by atoms with van der Waals surface area (Å²) in [4.78, 5) is 32.1. The van der Waals surface area contributed by atoms with E-state index in [-0.39, 0.29) is 41.3 Å². The first-order valence-electron chi connectivity index (χ1n) is 11.6. The molecule has 2 heterocycles. The van der Waals surface area contributed by atoms with Gasteiger partial charge in [-0.3, -0.25) is 9.59 Å². The van der Waals surface area contributed by atoms with Gasteiger partial charge in [-0.25, -0.2) is 13.4 Å². The number of nitrogens with one attached hydrogen (secondary N) is 2. The van der Waals surface area contributed by atoms with Crippen molar-refractivity contribution in [3.63, 3.8) is 0 Å². The zero-order valence-electron chi connectivity index (χ0n) is 19.8. The average Bonchev–Trinajstić information content (AvgIpc) is 3.29. The Morgan fingerprint density at radius 3 is 2.49 bits per heavy atom. The van der Waals surface area contributed by atoms with Gasteiger partial charge in [-0.15, -0.1) is 0 Å². The van der Waals surface area contributed by atoms with Gasteiger partial charge >= 0.3 is 0 Å². The summed E-state index contributed by atoms with van der Waals surface area (Å²) in [6.45, 7) is 4.40. The smallest absolute Gasteiger partial charge is 0.291 e. The second kappa shape index (κ2) is 8.96. The van der Waals surface area contributed by atoms with E-state index in [1.54, 1.807) is 12.1 Å². The van der Waals surface area contributed by atoms with Gasteiger partial charge in [-0.2, -0.15) is 5.26 Å². The molecule has 4 N–H and O–H groups in total. The number of H-pyrrole nitrogens is 1. The number of primary amides is 1. The van der Waals surface area contributed by atoms with Crippen LogP contribution in [0.1, 0.15) is 73.4 Å². The molecule has 4 rings (SSSR count). The first-order chi connectivity index (χ1) is 16.4. The summed E-state index contributed by atoms with van der Waals surface area (Å²) in [6, 6.07) is 7.24. The van der Waals surface area contributed by atoms with Crippen LogP contribution >= 0.6 is 0 Å². The number of hydrogen-bond acceptors (Lipinski definition) is 6. The van der Waals surface area contributed by atoms with Crippen LogP contribution in [0.5, 0.6) is 0 Å². The fraction of sp³-hybridized carbons (Fsp3) is 0.440. The summed E-state index contributed by atoms with van der Waals surface area (Å²) in [5.41, 5.74) is 8.12. The molecule has 2 aliphatic rings. The van der Waals surface area contributed by atoms with Gasteiger partial charge in [0, 0.05) is 11.3 Å². The molecule has 0 unspecified atom stereocenters. The number of anilines is 1. The maximum Gasteiger partial charge on any atom is 0.291 e. The molecule has 9 nitrogen and oxygen atoms in total. The standard InChI is InChI=1S/C25H29N5O4S/c1-24(2)7-5-16(6-8-24)19-13-17(25(23(27)32)9-11-35(33,34)12-10-25)3-4-20(19)30-22(31)21-28-15-18(14-26)29-21/h3-5,13,15H,6-12H2,1-2H3,(H2,27,32)(H,28,29)(H,30,31). The van der Waals surface area contributed by atoms with E-state index < -0.39 is 27.1 Å². The lowest BCUT2D eigenvalue weighted by atomic mass is 9.72. The van der Waals surface area contributed by atoms with Crippen molar-refractivity contribution in [1.29, 1.82) is 5.26 Å². The molecule has 0 saturated carbocycles. The fourth-order valence-electron chi connectivity index (χ4n) is 4.78. The van der Waals surface area contributed by atoms with Crippen LogP contribution in [0.2, 0.25) is 0 Å². The number of benzene rings is 1. The Balaban J connectivity index is 1.76. The minimum Gasteiger partial charge on any atom is -0.369 e. The van der Waals surface area contributed by atoms with Crippen molar-refractivity contribution in [3.8, 4) is 6.07 Å². The number of rotatable bonds is 5. The topological polar surface area (TPSA) is 159 Å². The summed E-state index contributed by atoms with van der Waals surface area (Å²) >= 11 is 0. The second-order valence-electron chi connectivity index (χ2n) is 10.2. The normalized spacial score (nSPS) is 20.3. The zero-order chi connectivity index (χ0) is 25.4. The van der Waals surface area contributed by atoms with E-state index in [0.717, 1.165) is 30.4 Å². The van der Waals surface area contributed by atoms with E-state index in [1.807, 2.05) is 12.1 Å². The van der Waals surface area contributed by atoms with Crippen molar-refractivity contribution in [2.24, 2.45) is 11.1 Å². The van der Waals surface area contributed by atoms with Crippen LogP contribution in [0, 0.1) is 16.7 Å². The van der Waals surface area contributed by atoms with Gasteiger partial charge in [-0.1, -0.05) is 26.0 Å². The van der Waals surface area contributed by atoms with Crippen LogP contribution in [0.4, 0.5) is 5.69 Å². The van der Waals surface area contributed by atoms with Crippen molar-refractivity contribution >= 4 is 32.9 Å². The average molecular weight is 496 g/mol. The quantitative estimate of drug-likeness (QED) is 0.578. The molecule has 0 bridgehead atoms. The molecular weight excluding hydrogens is 466 g/mol. The van der Waals surface area contributed by atoms with Crippen LogP contribution in [-0.2, 0) is 20.0 Å². The fourth-order valence-corrected chi connectivity index (χ4v) is 6.30. The van der Waals surface area contributed by atoms with E-state index in [1.165, 1.54) is 6.20 Å². The van der Waals surface area contributed by atoms with Crippen molar-refractivity contribution in [2.45, 2.75) is 51.4 Å². The third kappa shape index (κ3) is 5.00. The van der Waals surface area contributed by atoms with Crippen molar-refractivity contribution in [2.75, 3.05) is 16.8 Å². The number of nitrogens with two attached hydrogens (primary N) is 1. The molecule has 1 aromatic heterocycles. The summed E-state index contributed by atoms with van der Waals surface area (Å²) in [7, 11) is -3.20. The number of aromatic amines is 1. The number of aromatic nitrogens is 2. The summed E-state index contributed by atoms with van der Waals surface area (Å²) in [5, 5.41) is 11.9. The highest BCUT2D eigenvalue weighted by Gasteiger charge is 2.44. The Bertz CT molecular complexity index is 1350. The zero-order valence-corrected chi connectivity index (χ0v) is 20.7. The second-order valence-corrected chi connectivity index (χ2v) is 12.5. The lowest BCUT2D eigenvalue weighted by Gasteiger charge is -2.35. The molecule has 1 aliphatic carbocycles. The minimum atomic E-state index is -3.20. The number of amides is 2. The maximum absolute atomic E-state index is 12.8. The predicted octanol–water partition coefficient (Wildman–Crippen LogP) is 3.06. The Labute approximate surface area is 204 Å². The summed E-state index contributed by atoms with van der Waals surface area (Å²) < 4.78 is 24.1. The van der Waals surface area contributed by atoms with Crippen LogP contribution in [0.3, 0.4) is 0 Å². The van der Waals surface area contributed by atoms with Crippen LogP contribution in [0.15, 0.2) is 30.5 Å². The SMILES string of the molecule is CC1(C)CC=C(c2cc(C3(C(N)=O)CCS(=O)(=O)CC3)ccc2NC(=O)c2ncc(C#N)[nH]2)CC1. The molecule has 1 aliphatic heterocycles. The Kier molecular flexibility index (Phi) is 6.32. The van der Waals surface area contributed by atoms with Crippen molar-refractivity contribution in [3.05, 3.63) is 53.1 Å². The molecule has 0 radical (unpaired) electrons. The van der Waals surface area contributed by atoms with Gasteiger partial charge < -0.3 is 16.0 Å². The van der Waals surface area contributed by atoms with Crippen LogP contribution in [0.25, 0.3) is 5.57 Å². The Morgan fingerprint density at radius 2 is 1.91 bits per heavy atom. The molecule has 2 aromatic rings. The first kappa shape index (κ1) is 24.7. The molecule has 1 saturated heterocycles. The van der Waals surface area contributed by atoms with Gasteiger partial charge in [0.1, 0.15) is 21.6 Å². The van der Waals surface area contributed by atoms with E-state index in [2.05, 4.69) is 35.2 Å². The molecule has 0 spiro atoms. The largest absolute Gasteiger partial charge is 0.369 e. The molecule has 35 heavy (non-hydrogen) atoms. The van der Waals surface area contributed by atoms with Crippen molar-refractivity contribution in [1.82, 2.24) is 9.97 Å². The molecule has 1 fully saturated rings. The van der Waals surface area contributed by atoms with Gasteiger partial charge in [-0.05, 0) is 60.8 Å². The summed E-state index contributed by atoms with van der Waals surface area (Å²) in [5.74, 6) is -1.22. The van der Waals surface area contributed by atoms with Gasteiger partial charge in [0.2, 0.25) is 5.91 Å². The van der Waals surface area contributed by atoms with Gasteiger partial charge in [0.15, 0.2) is 5.82 Å². The number of sulfone groups is 1. The Hall–Kier alpha value is -3.45. The highest BCUT2D eigenvalue weighted by Crippen LogP contribution is 2.43. The number of allylic oxidation sites excluding steroid dienone is 2. The third-order valence-corrected chi connectivity index (χ3v) is 8.85. The van der Waals surface area contributed by atoms with Crippen molar-refractivity contribution < 1.29 is 18.0 Å². The molecule has 0 atom stereocenters. The number of carbonyl (C=O) groups excluding carboxylic acids is 2. The summed E-state index contributed by atoms with van der Waals surface area (Å²) in [6.07, 6.45) is 6.31. The van der Waals surface area contributed by atoms with E-state index in [9.17, 15) is 18.0 Å². The van der Waals surface area contributed by atoms with Crippen LogP contribution < -0.4 is 11.1 Å². The highest BCUT2D eigenvalue weighted by molar-refractivity contribution is 7.91. The maximum atomic E-state index is 12.8. The number of imidazole rings is 1. The van der Waals surface area contributed by atoms with Crippen LogP contribution in [-0.4, -0.2) is 41.7 Å². The number of hydrogen-bond donors (Lipinski definition) is 3. The first-order valence-corrected chi connectivity index (χ1v) is 13.4. The molecule has 2 amide bonds. The molecular formula is C25H29N5O4S. The molecule has 10 heteroatoms. The predicted molar refractivity (Wildman–Crippen MR) is 132 cm³/mol. The van der Waals surface area contributed by atoms with E-state index in [0.29, 0.717) is 11.3 Å². The van der Waals surface area contributed by atoms with Gasteiger partial charge in [0.25, 0.3) is 5.91 Å². The lowest BCUT2D eigenvalue weighted by molar-refractivity contribution is -0.123. The third-order valence-electron chi connectivity index (χ3n) is 7.20. The number of carbonyl (C=O) groups is 2. The minimum absolute atomic E-state index is 0.0152. The Morgan fingerprint density at radius 1 is 1.20 bits per heavy atom. The van der Waals surface area contributed by atoms with E-state index in [4.69, 9.17) is 11.0 Å². The van der Waals surface area contributed by atoms with Gasteiger partial charge in [0.05, 0.1) is 23.1 Å². The lowest BCUT2D eigenvalue weighted by Crippen LogP contribution is -2.47. The van der Waals surface area contributed by atoms with E-state index >= 15 is 0 Å².